The van der Waals surface area contributed by atoms with Crippen LogP contribution in [0.2, 0.25) is 0 Å². The third kappa shape index (κ3) is 10.6. The van der Waals surface area contributed by atoms with E-state index in [1.165, 1.54) is 0 Å². The molecule has 0 bridgehead atoms. The Bertz CT molecular complexity index is 2540. The smallest absolute Gasteiger partial charge is 0.408 e. The van der Waals surface area contributed by atoms with E-state index in [1.807, 2.05) is 103 Å². The fraction of sp³-hybridized carbons (Fsp3) is 0.174. The Morgan fingerprint density at radius 3 is 2.05 bits per heavy atom. The van der Waals surface area contributed by atoms with Gasteiger partial charge in [-0.25, -0.2) is 4.79 Å². The maximum Gasteiger partial charge on any atom is 0.408 e. The molecule has 7 aromatic rings. The summed E-state index contributed by atoms with van der Waals surface area (Å²) in [6, 6.07) is 43.7. The molecule has 0 saturated heterocycles. The molecule has 2 unspecified atom stereocenters. The minimum atomic E-state index is -4.46. The molecule has 0 radical (unpaired) electrons. The summed E-state index contributed by atoms with van der Waals surface area (Å²) >= 11 is 0. The summed E-state index contributed by atoms with van der Waals surface area (Å²) in [7, 11) is -4.46. The lowest BCUT2D eigenvalue weighted by molar-refractivity contribution is -0.129. The molecule has 2 heterocycles. The second kappa shape index (κ2) is 18.7. The van der Waals surface area contributed by atoms with E-state index in [2.05, 4.69) is 20.8 Å². The van der Waals surface area contributed by atoms with Crippen LogP contribution in [0.3, 0.4) is 0 Å². The van der Waals surface area contributed by atoms with Gasteiger partial charge in [0.25, 0.3) is 0 Å². The molecule has 300 valence electrons. The second-order valence-corrected chi connectivity index (χ2v) is 16.9. The number of para-hydroxylation sites is 1. The standard InChI is InChI=1S/C46H44N5O7P/c47-44(52)42(26-36-28-48-40-19-11-10-18-39(36)40)49-45(53)37(25-38-27-41(51-58-38)35-22-20-34(21-23-35)33-16-8-3-9-17-33)30-59(55,56)43(24-31-12-4-1-5-13-31)50-46(54)57-29-32-14-6-2-7-15-32/h1-23,27-28,37,42-43,48H,24-26,29-30H2,(H2,47,52)(H,49,53)(H,50,54)(H,55,56)/t37?,42-,43+/m0/s1. The van der Waals surface area contributed by atoms with Crippen LogP contribution < -0.4 is 16.4 Å². The van der Waals surface area contributed by atoms with Gasteiger partial charge in [0.2, 0.25) is 19.2 Å². The van der Waals surface area contributed by atoms with Crippen LogP contribution in [-0.4, -0.2) is 50.9 Å². The second-order valence-electron chi connectivity index (χ2n) is 14.4. The van der Waals surface area contributed by atoms with E-state index in [9.17, 15) is 23.8 Å². The van der Waals surface area contributed by atoms with Crippen molar-refractivity contribution < 1.29 is 33.1 Å². The molecule has 0 saturated carbocycles. The largest absolute Gasteiger partial charge is 0.445 e. The molecule has 0 aliphatic carbocycles. The van der Waals surface area contributed by atoms with E-state index in [0.717, 1.165) is 38.7 Å². The number of carbonyl (C=O) groups excluding carboxylic acids is 3. The number of H-pyrrole nitrogens is 1. The number of benzene rings is 5. The Morgan fingerprint density at radius 1 is 0.746 bits per heavy atom. The molecule has 2 aromatic heterocycles. The van der Waals surface area contributed by atoms with Crippen LogP contribution in [0.1, 0.15) is 22.5 Å². The van der Waals surface area contributed by atoms with Crippen molar-refractivity contribution in [1.29, 1.82) is 0 Å². The number of fused-ring (bicyclic) bond motifs is 1. The number of alkyl carbamates (subject to hydrolysis) is 1. The molecule has 5 aromatic carbocycles. The summed E-state index contributed by atoms with van der Waals surface area (Å²) in [5, 5.41) is 10.5. The van der Waals surface area contributed by atoms with Gasteiger partial charge in [-0.05, 0) is 33.9 Å². The summed E-state index contributed by atoms with van der Waals surface area (Å²) in [4.78, 5) is 55.4. The van der Waals surface area contributed by atoms with Crippen molar-refractivity contribution in [3.05, 3.63) is 174 Å². The number of carbonyl (C=O) groups is 3. The topological polar surface area (TPSA) is 190 Å². The molecular weight excluding hydrogens is 766 g/mol. The summed E-state index contributed by atoms with van der Waals surface area (Å²) in [6.45, 7) is -0.0563. The molecule has 0 aliphatic rings. The number of aromatic nitrogens is 2. The average Bonchev–Trinajstić information content (AvgIpc) is 3.90. The number of nitrogens with one attached hydrogen (secondary N) is 3. The number of hydrogen-bond acceptors (Lipinski definition) is 7. The number of ether oxygens (including phenoxy) is 1. The number of rotatable bonds is 17. The quantitative estimate of drug-likeness (QED) is 0.0581. The van der Waals surface area contributed by atoms with Crippen LogP contribution in [-0.2, 0) is 44.8 Å². The van der Waals surface area contributed by atoms with Crippen LogP contribution in [0.25, 0.3) is 33.3 Å². The van der Waals surface area contributed by atoms with Gasteiger partial charge in [-0.3, -0.25) is 14.2 Å². The van der Waals surface area contributed by atoms with Gasteiger partial charge in [0.1, 0.15) is 29.9 Å². The normalized spacial score (nSPS) is 13.8. The highest BCUT2D eigenvalue weighted by Crippen LogP contribution is 2.49. The predicted octanol–water partition coefficient (Wildman–Crippen LogP) is 7.63. The monoisotopic (exact) mass is 809 g/mol. The maximum absolute atomic E-state index is 14.6. The molecular formula is C46H44N5O7P. The van der Waals surface area contributed by atoms with Gasteiger partial charge in [-0.15, -0.1) is 0 Å². The van der Waals surface area contributed by atoms with Crippen LogP contribution >= 0.6 is 7.37 Å². The molecule has 0 fully saturated rings. The fourth-order valence-corrected chi connectivity index (χ4v) is 8.98. The van der Waals surface area contributed by atoms with Crippen molar-refractivity contribution in [2.45, 2.75) is 37.7 Å². The average molecular weight is 810 g/mol. The zero-order chi connectivity index (χ0) is 41.2. The number of nitrogens with zero attached hydrogens (tertiary/aromatic N) is 1. The molecule has 0 aliphatic heterocycles. The molecule has 6 N–H and O–H groups in total. The molecule has 3 amide bonds. The minimum absolute atomic E-state index is 0.0285. The third-order valence-corrected chi connectivity index (χ3v) is 12.4. The van der Waals surface area contributed by atoms with E-state index in [1.54, 1.807) is 48.7 Å². The van der Waals surface area contributed by atoms with E-state index >= 15 is 0 Å². The van der Waals surface area contributed by atoms with E-state index in [0.29, 0.717) is 11.3 Å². The van der Waals surface area contributed by atoms with Gasteiger partial charge >= 0.3 is 6.09 Å². The highest BCUT2D eigenvalue weighted by atomic mass is 31.2. The van der Waals surface area contributed by atoms with Crippen molar-refractivity contribution in [2.24, 2.45) is 11.7 Å². The predicted molar refractivity (Wildman–Crippen MR) is 226 cm³/mol. The lowest BCUT2D eigenvalue weighted by Crippen LogP contribution is -2.49. The highest BCUT2D eigenvalue weighted by Gasteiger charge is 2.39. The van der Waals surface area contributed by atoms with Gasteiger partial charge in [-0.2, -0.15) is 0 Å². The van der Waals surface area contributed by atoms with Crippen LogP contribution in [0, 0.1) is 5.92 Å². The maximum atomic E-state index is 14.6. The first kappa shape index (κ1) is 40.4. The molecule has 13 heteroatoms. The SMILES string of the molecule is NC(=O)[C@H](Cc1c[nH]c2ccccc12)NC(=O)C(Cc1cc(-c2ccc(-c3ccccc3)cc2)no1)CP(=O)(O)[C@H](Cc1ccccc1)NC(=O)OCc1ccccc1. The van der Waals surface area contributed by atoms with E-state index in [-0.39, 0.29) is 31.6 Å². The molecule has 59 heavy (non-hydrogen) atoms. The van der Waals surface area contributed by atoms with Gasteiger partial charge < -0.3 is 35.5 Å². The zero-order valence-corrected chi connectivity index (χ0v) is 33.0. The zero-order valence-electron chi connectivity index (χ0n) is 32.1. The lowest BCUT2D eigenvalue weighted by atomic mass is 10.0. The van der Waals surface area contributed by atoms with Crippen LogP contribution in [0.5, 0.6) is 0 Å². The number of primary amides is 1. The number of aromatic amines is 1. The summed E-state index contributed by atoms with van der Waals surface area (Å²) in [5.41, 5.74) is 12.2. The van der Waals surface area contributed by atoms with Crippen LogP contribution in [0.4, 0.5) is 4.79 Å². The highest BCUT2D eigenvalue weighted by molar-refractivity contribution is 7.58. The van der Waals surface area contributed by atoms with Gasteiger partial charge in [0.05, 0.1) is 5.92 Å². The van der Waals surface area contributed by atoms with Crippen LogP contribution in [0.15, 0.2) is 156 Å². The number of nitrogens with two attached hydrogens (primary N) is 1. The van der Waals surface area contributed by atoms with E-state index in [4.69, 9.17) is 15.0 Å². The third-order valence-electron chi connectivity index (χ3n) is 10.2. The Kier molecular flexibility index (Phi) is 12.8. The van der Waals surface area contributed by atoms with Crippen molar-refractivity contribution in [3.8, 4) is 22.4 Å². The Morgan fingerprint density at radius 2 is 1.36 bits per heavy atom. The molecule has 7 rings (SSSR count). The van der Waals surface area contributed by atoms with Gasteiger partial charge in [0.15, 0.2) is 0 Å². The molecule has 0 spiro atoms. The van der Waals surface area contributed by atoms with Crippen molar-refractivity contribution in [3.63, 3.8) is 0 Å². The Labute approximate surface area is 341 Å². The van der Waals surface area contributed by atoms with E-state index < -0.39 is 49.2 Å². The number of amides is 3. The first-order valence-electron chi connectivity index (χ1n) is 19.2. The molecule has 4 atom stereocenters. The van der Waals surface area contributed by atoms with Crippen molar-refractivity contribution >= 4 is 36.2 Å². The lowest BCUT2D eigenvalue weighted by Gasteiger charge is -2.28. The Balaban J connectivity index is 1.15. The summed E-state index contributed by atoms with van der Waals surface area (Å²) in [6.07, 6.45) is 0.169. The first-order chi connectivity index (χ1) is 28.6. The first-order valence-corrected chi connectivity index (χ1v) is 21.1. The minimum Gasteiger partial charge on any atom is -0.445 e. The van der Waals surface area contributed by atoms with Gasteiger partial charge in [0, 0.05) is 54.2 Å². The van der Waals surface area contributed by atoms with Gasteiger partial charge in [-0.1, -0.05) is 139 Å². The van der Waals surface area contributed by atoms with Crippen molar-refractivity contribution in [2.75, 3.05) is 6.16 Å². The summed E-state index contributed by atoms with van der Waals surface area (Å²) in [5.74, 6) is -3.76. The fourth-order valence-electron chi connectivity index (χ4n) is 7.00. The summed E-state index contributed by atoms with van der Waals surface area (Å²) < 4.78 is 25.8. The Hall–Kier alpha value is -6.75. The number of hydrogen-bond donors (Lipinski definition) is 5. The molecule has 12 nitrogen and oxygen atoms in total. The van der Waals surface area contributed by atoms with Crippen molar-refractivity contribution in [1.82, 2.24) is 20.8 Å².